The van der Waals surface area contributed by atoms with Crippen LogP contribution in [0.5, 0.6) is 0 Å². The van der Waals surface area contributed by atoms with Gasteiger partial charge < -0.3 is 15.0 Å². The van der Waals surface area contributed by atoms with Crippen molar-refractivity contribution in [3.05, 3.63) is 34.2 Å². The van der Waals surface area contributed by atoms with E-state index in [4.69, 9.17) is 0 Å². The van der Waals surface area contributed by atoms with E-state index in [2.05, 4.69) is 4.98 Å². The first-order chi connectivity index (χ1) is 8.63. The summed E-state index contributed by atoms with van der Waals surface area (Å²) in [5, 5.41) is 9.79. The van der Waals surface area contributed by atoms with Crippen LogP contribution in [-0.2, 0) is 0 Å². The smallest absolute Gasteiger partial charge is 0.259 e. The van der Waals surface area contributed by atoms with Crippen LogP contribution >= 0.6 is 0 Å². The second-order valence-electron chi connectivity index (χ2n) is 4.70. The molecule has 1 amide bonds. The van der Waals surface area contributed by atoms with Crippen LogP contribution in [0.3, 0.4) is 0 Å². The van der Waals surface area contributed by atoms with Gasteiger partial charge in [0.1, 0.15) is 5.56 Å². The Kier molecular flexibility index (Phi) is 3.81. The van der Waals surface area contributed by atoms with Gasteiger partial charge in [-0.3, -0.25) is 9.59 Å². The van der Waals surface area contributed by atoms with Gasteiger partial charge in [-0.15, -0.1) is 0 Å². The average Bonchev–Trinajstić information content (AvgIpc) is 2.39. The second-order valence-corrected chi connectivity index (χ2v) is 4.70. The molecule has 98 valence electrons. The molecular weight excluding hydrogens is 232 g/mol. The third-order valence-electron chi connectivity index (χ3n) is 3.56. The van der Waals surface area contributed by atoms with Crippen LogP contribution < -0.4 is 5.43 Å². The number of pyridine rings is 1. The Labute approximate surface area is 105 Å². The van der Waals surface area contributed by atoms with Gasteiger partial charge in [0.2, 0.25) is 0 Å². The van der Waals surface area contributed by atoms with Gasteiger partial charge in [-0.1, -0.05) is 6.92 Å². The number of likely N-dealkylation sites (tertiary alicyclic amines) is 1. The monoisotopic (exact) mass is 250 g/mol. The van der Waals surface area contributed by atoms with E-state index >= 15 is 0 Å². The van der Waals surface area contributed by atoms with Crippen molar-refractivity contribution in [2.45, 2.75) is 25.9 Å². The van der Waals surface area contributed by atoms with Gasteiger partial charge in [0.05, 0.1) is 6.10 Å². The Morgan fingerprint density at radius 3 is 3.06 bits per heavy atom. The predicted molar refractivity (Wildman–Crippen MR) is 67.4 cm³/mol. The first-order valence-corrected chi connectivity index (χ1v) is 6.28. The van der Waals surface area contributed by atoms with E-state index < -0.39 is 0 Å². The van der Waals surface area contributed by atoms with Crippen LogP contribution in [0.15, 0.2) is 23.3 Å². The van der Waals surface area contributed by atoms with E-state index in [1.807, 2.05) is 6.92 Å². The van der Waals surface area contributed by atoms with Gasteiger partial charge in [-0.2, -0.15) is 0 Å². The van der Waals surface area contributed by atoms with Crippen molar-refractivity contribution in [1.82, 2.24) is 9.88 Å². The topological polar surface area (TPSA) is 73.4 Å². The van der Waals surface area contributed by atoms with Gasteiger partial charge in [-0.05, 0) is 12.8 Å². The van der Waals surface area contributed by atoms with Crippen LogP contribution in [0, 0.1) is 5.92 Å². The van der Waals surface area contributed by atoms with Crippen molar-refractivity contribution >= 4 is 5.91 Å². The highest BCUT2D eigenvalue weighted by Gasteiger charge is 2.30. The zero-order valence-electron chi connectivity index (χ0n) is 10.4. The Bertz CT molecular complexity index is 483. The molecule has 1 aliphatic rings. The zero-order valence-corrected chi connectivity index (χ0v) is 10.4. The number of hydrogen-bond acceptors (Lipinski definition) is 3. The maximum absolute atomic E-state index is 12.2. The van der Waals surface area contributed by atoms with Crippen molar-refractivity contribution in [3.63, 3.8) is 0 Å². The molecule has 0 aliphatic carbocycles. The van der Waals surface area contributed by atoms with Gasteiger partial charge in [0, 0.05) is 37.5 Å². The summed E-state index contributed by atoms with van der Waals surface area (Å²) in [6, 6.07) is 1.35. The molecule has 1 aromatic rings. The minimum atomic E-state index is -0.340. The fourth-order valence-corrected chi connectivity index (χ4v) is 2.36. The predicted octanol–water partition coefficient (Wildman–Crippen LogP) is 0.608. The Morgan fingerprint density at radius 1 is 1.61 bits per heavy atom. The molecule has 0 aromatic carbocycles. The highest BCUT2D eigenvalue weighted by molar-refractivity contribution is 5.93. The van der Waals surface area contributed by atoms with Crippen LogP contribution in [0.1, 0.15) is 30.1 Å². The van der Waals surface area contributed by atoms with Gasteiger partial charge >= 0.3 is 0 Å². The number of H-pyrrole nitrogens is 1. The van der Waals surface area contributed by atoms with Crippen molar-refractivity contribution < 1.29 is 9.90 Å². The normalized spacial score (nSPS) is 24.0. The first-order valence-electron chi connectivity index (χ1n) is 6.28. The van der Waals surface area contributed by atoms with Crippen LogP contribution in [0.2, 0.25) is 0 Å². The number of aliphatic hydroxyl groups excluding tert-OH is 1. The lowest BCUT2D eigenvalue weighted by Crippen LogP contribution is -2.46. The highest BCUT2D eigenvalue weighted by Crippen LogP contribution is 2.20. The molecule has 0 saturated carbocycles. The first kappa shape index (κ1) is 12.8. The number of carbonyl (C=O) groups is 1. The summed E-state index contributed by atoms with van der Waals surface area (Å²) >= 11 is 0. The molecule has 2 heterocycles. The van der Waals surface area contributed by atoms with E-state index in [1.54, 1.807) is 4.90 Å². The standard InChI is InChI=1S/C13H18N2O3/c1-2-9-8-15(6-4-11(9)16)13(18)10-7-14-5-3-12(10)17/h3,5,7,9,11,16H,2,4,6,8H2,1H3,(H,14,17). The number of nitrogens with one attached hydrogen (secondary N) is 1. The molecule has 2 unspecified atom stereocenters. The van der Waals surface area contributed by atoms with E-state index in [1.165, 1.54) is 18.5 Å². The minimum absolute atomic E-state index is 0.102. The molecule has 1 aliphatic heterocycles. The van der Waals surface area contributed by atoms with Crippen LogP contribution in [-0.4, -0.2) is 40.1 Å². The number of aromatic amines is 1. The summed E-state index contributed by atoms with van der Waals surface area (Å²) in [5.74, 6) is -0.146. The van der Waals surface area contributed by atoms with Crippen LogP contribution in [0.4, 0.5) is 0 Å². The third kappa shape index (κ3) is 2.46. The molecule has 2 N–H and O–H groups in total. The van der Waals surface area contributed by atoms with Gasteiger partial charge in [0.25, 0.3) is 5.91 Å². The number of nitrogens with zero attached hydrogens (tertiary/aromatic N) is 1. The molecule has 1 fully saturated rings. The third-order valence-corrected chi connectivity index (χ3v) is 3.56. The average molecular weight is 250 g/mol. The lowest BCUT2D eigenvalue weighted by molar-refractivity contribution is 0.0228. The summed E-state index contributed by atoms with van der Waals surface area (Å²) in [6.07, 6.45) is 4.02. The summed E-state index contributed by atoms with van der Waals surface area (Å²) in [7, 11) is 0. The van der Waals surface area contributed by atoms with E-state index in [0.717, 1.165) is 6.42 Å². The summed E-state index contributed by atoms with van der Waals surface area (Å²) in [5.41, 5.74) is -0.0957. The Hall–Kier alpha value is -1.62. The number of amides is 1. The van der Waals surface area contributed by atoms with Crippen molar-refractivity contribution in [2.75, 3.05) is 13.1 Å². The quantitative estimate of drug-likeness (QED) is 0.807. The number of carbonyl (C=O) groups excluding carboxylic acids is 1. The molecule has 0 spiro atoms. The summed E-state index contributed by atoms with van der Waals surface area (Å²) < 4.78 is 0. The fourth-order valence-electron chi connectivity index (χ4n) is 2.36. The SMILES string of the molecule is CCC1CN(C(=O)c2c[nH]ccc2=O)CCC1O. The number of piperidine rings is 1. The summed E-state index contributed by atoms with van der Waals surface area (Å²) in [6.45, 7) is 3.02. The largest absolute Gasteiger partial charge is 0.393 e. The van der Waals surface area contributed by atoms with Gasteiger partial charge in [-0.25, -0.2) is 0 Å². The van der Waals surface area contributed by atoms with Crippen molar-refractivity contribution in [1.29, 1.82) is 0 Å². The van der Waals surface area contributed by atoms with Crippen molar-refractivity contribution in [2.24, 2.45) is 5.92 Å². The number of aromatic nitrogens is 1. The molecule has 1 aromatic heterocycles. The molecule has 5 nitrogen and oxygen atoms in total. The van der Waals surface area contributed by atoms with E-state index in [-0.39, 0.29) is 28.9 Å². The second kappa shape index (κ2) is 5.35. The Morgan fingerprint density at radius 2 is 2.39 bits per heavy atom. The molecule has 5 heteroatoms. The molecule has 0 radical (unpaired) electrons. The number of hydrogen-bond donors (Lipinski definition) is 2. The lowest BCUT2D eigenvalue weighted by Gasteiger charge is -2.35. The lowest BCUT2D eigenvalue weighted by atomic mass is 9.92. The molecule has 0 bridgehead atoms. The minimum Gasteiger partial charge on any atom is -0.393 e. The maximum Gasteiger partial charge on any atom is 0.259 e. The molecule has 1 saturated heterocycles. The Balaban J connectivity index is 2.15. The van der Waals surface area contributed by atoms with E-state index in [0.29, 0.717) is 19.5 Å². The molecule has 2 rings (SSSR count). The molecular formula is C13H18N2O3. The van der Waals surface area contributed by atoms with Crippen molar-refractivity contribution in [3.8, 4) is 0 Å². The number of aliphatic hydroxyl groups is 1. The fraction of sp³-hybridized carbons (Fsp3) is 0.538. The summed E-state index contributed by atoms with van der Waals surface area (Å²) in [4.78, 5) is 28.2. The van der Waals surface area contributed by atoms with E-state index in [9.17, 15) is 14.7 Å². The number of rotatable bonds is 2. The zero-order chi connectivity index (χ0) is 13.1. The maximum atomic E-state index is 12.2. The molecule has 2 atom stereocenters. The van der Waals surface area contributed by atoms with Gasteiger partial charge in [0.15, 0.2) is 5.43 Å². The molecule has 18 heavy (non-hydrogen) atoms. The van der Waals surface area contributed by atoms with Crippen LogP contribution in [0.25, 0.3) is 0 Å². The highest BCUT2D eigenvalue weighted by atomic mass is 16.3.